The molecule has 2 aromatic rings. The number of ether oxygens (including phenoxy) is 1. The molecule has 26 heavy (non-hydrogen) atoms. The molecule has 1 N–H and O–H groups in total. The van der Waals surface area contributed by atoms with Crippen molar-refractivity contribution in [2.75, 3.05) is 26.3 Å². The quantitative estimate of drug-likeness (QED) is 0.921. The van der Waals surface area contributed by atoms with Gasteiger partial charge < -0.3 is 14.7 Å². The molecule has 2 aliphatic heterocycles. The maximum Gasteiger partial charge on any atom is 0.253 e. The minimum absolute atomic E-state index is 0.0638. The number of nitrogens with zero attached hydrogens (tertiary/aromatic N) is 1. The second-order valence-electron chi connectivity index (χ2n) is 7.53. The van der Waals surface area contributed by atoms with E-state index in [0.29, 0.717) is 24.7 Å². The first-order chi connectivity index (χ1) is 12.6. The zero-order valence-corrected chi connectivity index (χ0v) is 14.9. The highest BCUT2D eigenvalue weighted by Crippen LogP contribution is 2.30. The Morgan fingerprint density at radius 3 is 2.46 bits per heavy atom. The standard InChI is InChI=1S/C22H25NO3/c24-21(19-7-4-8-20(14-19)22(25)15-26-16-22)23-11-9-18(10-12-23)13-17-5-2-1-3-6-17/h1-8,14,18,25H,9-13,15-16H2. The maximum absolute atomic E-state index is 12.9. The molecule has 0 bridgehead atoms. The molecule has 0 unspecified atom stereocenters. The molecule has 4 heteroatoms. The lowest BCUT2D eigenvalue weighted by molar-refractivity contribution is -0.184. The molecule has 2 fully saturated rings. The van der Waals surface area contributed by atoms with Gasteiger partial charge in [-0.2, -0.15) is 0 Å². The van der Waals surface area contributed by atoms with Crippen LogP contribution in [0.3, 0.4) is 0 Å². The van der Waals surface area contributed by atoms with E-state index < -0.39 is 5.60 Å². The van der Waals surface area contributed by atoms with Crippen molar-refractivity contribution in [2.45, 2.75) is 24.9 Å². The Kier molecular flexibility index (Phi) is 4.79. The lowest BCUT2D eigenvalue weighted by Gasteiger charge is -2.37. The normalized spacial score (nSPS) is 19.8. The fourth-order valence-electron chi connectivity index (χ4n) is 3.87. The molecule has 2 aromatic carbocycles. The maximum atomic E-state index is 12.9. The van der Waals surface area contributed by atoms with Gasteiger partial charge in [0.25, 0.3) is 5.91 Å². The summed E-state index contributed by atoms with van der Waals surface area (Å²) in [4.78, 5) is 14.8. The third-order valence-electron chi connectivity index (χ3n) is 5.60. The van der Waals surface area contributed by atoms with Gasteiger partial charge in [-0.1, -0.05) is 42.5 Å². The molecule has 0 spiro atoms. The van der Waals surface area contributed by atoms with Gasteiger partial charge in [0.15, 0.2) is 0 Å². The number of aliphatic hydroxyl groups is 1. The highest BCUT2D eigenvalue weighted by Gasteiger charge is 2.38. The molecule has 2 heterocycles. The van der Waals surface area contributed by atoms with Crippen LogP contribution in [0.15, 0.2) is 54.6 Å². The lowest BCUT2D eigenvalue weighted by Crippen LogP contribution is -2.46. The van der Waals surface area contributed by atoms with Gasteiger partial charge in [-0.25, -0.2) is 0 Å². The molecule has 0 aromatic heterocycles. The van der Waals surface area contributed by atoms with E-state index >= 15 is 0 Å². The summed E-state index contributed by atoms with van der Waals surface area (Å²) in [5.41, 5.74) is 1.87. The monoisotopic (exact) mass is 351 g/mol. The van der Waals surface area contributed by atoms with E-state index in [1.165, 1.54) is 5.56 Å². The number of rotatable bonds is 4. The van der Waals surface area contributed by atoms with Gasteiger partial charge in [0.2, 0.25) is 0 Å². The van der Waals surface area contributed by atoms with Crippen molar-refractivity contribution in [3.63, 3.8) is 0 Å². The van der Waals surface area contributed by atoms with Crippen molar-refractivity contribution in [1.29, 1.82) is 0 Å². The fraction of sp³-hybridized carbons (Fsp3) is 0.409. The van der Waals surface area contributed by atoms with Crippen LogP contribution in [0.2, 0.25) is 0 Å². The average Bonchev–Trinajstić information content (AvgIpc) is 2.67. The summed E-state index contributed by atoms with van der Waals surface area (Å²) >= 11 is 0. The van der Waals surface area contributed by atoms with Crippen molar-refractivity contribution < 1.29 is 14.6 Å². The molecule has 0 atom stereocenters. The van der Waals surface area contributed by atoms with Crippen molar-refractivity contribution in [1.82, 2.24) is 4.90 Å². The number of hydrogen-bond acceptors (Lipinski definition) is 3. The van der Waals surface area contributed by atoms with E-state index in [9.17, 15) is 9.90 Å². The summed E-state index contributed by atoms with van der Waals surface area (Å²) in [5.74, 6) is 0.703. The summed E-state index contributed by atoms with van der Waals surface area (Å²) < 4.78 is 5.12. The van der Waals surface area contributed by atoms with Gasteiger partial charge >= 0.3 is 0 Å². The number of benzene rings is 2. The molecule has 0 radical (unpaired) electrons. The highest BCUT2D eigenvalue weighted by molar-refractivity contribution is 5.94. The van der Waals surface area contributed by atoms with Crippen LogP contribution < -0.4 is 0 Å². The Bertz CT molecular complexity index is 762. The largest absolute Gasteiger partial charge is 0.380 e. The zero-order valence-electron chi connectivity index (χ0n) is 14.9. The molecule has 4 nitrogen and oxygen atoms in total. The lowest BCUT2D eigenvalue weighted by atomic mass is 9.89. The second-order valence-corrected chi connectivity index (χ2v) is 7.53. The molecule has 0 saturated carbocycles. The first-order valence-corrected chi connectivity index (χ1v) is 9.38. The topological polar surface area (TPSA) is 49.8 Å². The number of piperidine rings is 1. The minimum atomic E-state index is -0.932. The zero-order chi connectivity index (χ0) is 18.0. The summed E-state index contributed by atoms with van der Waals surface area (Å²) in [7, 11) is 0. The number of likely N-dealkylation sites (tertiary alicyclic amines) is 1. The summed E-state index contributed by atoms with van der Waals surface area (Å²) in [6.07, 6.45) is 3.17. The SMILES string of the molecule is O=C(c1cccc(C2(O)COC2)c1)N1CCC(Cc2ccccc2)CC1. The van der Waals surface area contributed by atoms with E-state index in [-0.39, 0.29) is 5.91 Å². The molecule has 1 amide bonds. The second kappa shape index (κ2) is 7.22. The van der Waals surface area contributed by atoms with E-state index in [2.05, 4.69) is 24.3 Å². The van der Waals surface area contributed by atoms with Crippen LogP contribution in [-0.2, 0) is 16.8 Å². The molecular weight excluding hydrogens is 326 g/mol. The smallest absolute Gasteiger partial charge is 0.253 e. The van der Waals surface area contributed by atoms with Crippen LogP contribution in [0.4, 0.5) is 0 Å². The Morgan fingerprint density at radius 2 is 1.81 bits per heavy atom. The highest BCUT2D eigenvalue weighted by atomic mass is 16.5. The third kappa shape index (κ3) is 3.53. The molecule has 2 aliphatic rings. The molecule has 2 saturated heterocycles. The predicted octanol–water partition coefficient (Wildman–Crippen LogP) is 3.00. The number of hydrogen-bond donors (Lipinski definition) is 1. The molecule has 0 aliphatic carbocycles. The van der Waals surface area contributed by atoms with Crippen LogP contribution in [0.1, 0.15) is 34.3 Å². The molecule has 136 valence electrons. The number of carbonyl (C=O) groups is 1. The van der Waals surface area contributed by atoms with Crippen LogP contribution in [0.25, 0.3) is 0 Å². The van der Waals surface area contributed by atoms with Crippen molar-refractivity contribution in [3.05, 3.63) is 71.3 Å². The number of amides is 1. The van der Waals surface area contributed by atoms with E-state index in [4.69, 9.17) is 4.74 Å². The predicted molar refractivity (Wildman–Crippen MR) is 99.9 cm³/mol. The molecular formula is C22H25NO3. The Labute approximate surface area is 154 Å². The Morgan fingerprint density at radius 1 is 1.08 bits per heavy atom. The van der Waals surface area contributed by atoms with Crippen LogP contribution in [0, 0.1) is 5.92 Å². The van der Waals surface area contributed by atoms with Gasteiger partial charge in [-0.3, -0.25) is 4.79 Å². The number of carbonyl (C=O) groups excluding carboxylic acids is 1. The van der Waals surface area contributed by atoms with Crippen molar-refractivity contribution in [2.24, 2.45) is 5.92 Å². The van der Waals surface area contributed by atoms with Crippen LogP contribution >= 0.6 is 0 Å². The van der Waals surface area contributed by atoms with E-state index in [0.717, 1.165) is 37.9 Å². The van der Waals surface area contributed by atoms with Gasteiger partial charge in [0, 0.05) is 18.7 Å². The Balaban J connectivity index is 1.37. The van der Waals surface area contributed by atoms with Crippen molar-refractivity contribution in [3.8, 4) is 0 Å². The third-order valence-corrected chi connectivity index (χ3v) is 5.60. The molecule has 4 rings (SSSR count). The minimum Gasteiger partial charge on any atom is -0.380 e. The van der Waals surface area contributed by atoms with Crippen LogP contribution in [-0.4, -0.2) is 42.2 Å². The van der Waals surface area contributed by atoms with Gasteiger partial charge in [0.1, 0.15) is 5.60 Å². The first-order valence-electron chi connectivity index (χ1n) is 9.38. The van der Waals surface area contributed by atoms with Gasteiger partial charge in [-0.05, 0) is 48.4 Å². The average molecular weight is 351 g/mol. The fourth-order valence-corrected chi connectivity index (χ4v) is 3.87. The van der Waals surface area contributed by atoms with Crippen molar-refractivity contribution >= 4 is 5.91 Å². The van der Waals surface area contributed by atoms with Gasteiger partial charge in [0.05, 0.1) is 13.2 Å². The Hall–Kier alpha value is -2.17. The van der Waals surface area contributed by atoms with E-state index in [1.54, 1.807) is 0 Å². The summed E-state index contributed by atoms with van der Waals surface area (Å²) in [6, 6.07) is 17.9. The van der Waals surface area contributed by atoms with E-state index in [1.807, 2.05) is 35.2 Å². The summed E-state index contributed by atoms with van der Waals surface area (Å²) in [6.45, 7) is 2.20. The van der Waals surface area contributed by atoms with Crippen LogP contribution in [0.5, 0.6) is 0 Å². The van der Waals surface area contributed by atoms with Gasteiger partial charge in [-0.15, -0.1) is 0 Å². The summed E-state index contributed by atoms with van der Waals surface area (Å²) in [5, 5.41) is 10.4. The first kappa shape index (κ1) is 17.3.